The van der Waals surface area contributed by atoms with Crippen LogP contribution in [-0.2, 0) is 13.1 Å². The van der Waals surface area contributed by atoms with E-state index in [2.05, 4.69) is 34.3 Å². The van der Waals surface area contributed by atoms with Crippen LogP contribution in [0.3, 0.4) is 0 Å². The van der Waals surface area contributed by atoms with Crippen molar-refractivity contribution in [1.29, 1.82) is 0 Å². The first-order valence-corrected chi connectivity index (χ1v) is 3.49. The minimum absolute atomic E-state index is 0.948. The van der Waals surface area contributed by atoms with Crippen LogP contribution in [0, 0.1) is 0 Å². The van der Waals surface area contributed by atoms with Gasteiger partial charge in [-0.15, -0.1) is 0 Å². The molecule has 2 heterocycles. The highest BCUT2D eigenvalue weighted by Gasteiger charge is 1.99. The van der Waals surface area contributed by atoms with Crippen molar-refractivity contribution in [2.45, 2.75) is 13.1 Å². The first-order chi connectivity index (χ1) is 4.97. The van der Waals surface area contributed by atoms with Gasteiger partial charge in [-0.1, -0.05) is 0 Å². The summed E-state index contributed by atoms with van der Waals surface area (Å²) in [6, 6.07) is 4.22. The van der Waals surface area contributed by atoms with Crippen LogP contribution in [-0.4, -0.2) is 4.57 Å². The Hall–Kier alpha value is -1.18. The SMILES string of the molecule is C1=CNCc2cccn2C1. The summed E-state index contributed by atoms with van der Waals surface area (Å²) in [7, 11) is 0. The molecule has 0 aromatic carbocycles. The maximum Gasteiger partial charge on any atom is 0.0547 e. The van der Waals surface area contributed by atoms with E-state index in [9.17, 15) is 0 Å². The van der Waals surface area contributed by atoms with Gasteiger partial charge in [-0.25, -0.2) is 0 Å². The second-order valence-corrected chi connectivity index (χ2v) is 2.44. The van der Waals surface area contributed by atoms with Gasteiger partial charge >= 0.3 is 0 Å². The van der Waals surface area contributed by atoms with Gasteiger partial charge in [-0.2, -0.15) is 0 Å². The molecule has 0 fully saturated rings. The van der Waals surface area contributed by atoms with Gasteiger partial charge in [-0.05, 0) is 24.4 Å². The van der Waals surface area contributed by atoms with E-state index >= 15 is 0 Å². The van der Waals surface area contributed by atoms with Gasteiger partial charge < -0.3 is 9.88 Å². The van der Waals surface area contributed by atoms with E-state index in [1.165, 1.54) is 5.69 Å². The van der Waals surface area contributed by atoms with E-state index in [-0.39, 0.29) is 0 Å². The minimum Gasteiger partial charge on any atom is -0.386 e. The molecule has 0 saturated heterocycles. The topological polar surface area (TPSA) is 17.0 Å². The summed E-state index contributed by atoms with van der Waals surface area (Å²) >= 11 is 0. The molecule has 0 spiro atoms. The molecular formula is C8H10N2. The summed E-state index contributed by atoms with van der Waals surface area (Å²) in [6.45, 7) is 1.94. The van der Waals surface area contributed by atoms with Gasteiger partial charge in [0, 0.05) is 18.4 Å². The summed E-state index contributed by atoms with van der Waals surface area (Å²) in [6.07, 6.45) is 6.23. The molecule has 0 aliphatic carbocycles. The minimum atomic E-state index is 0.948. The summed E-state index contributed by atoms with van der Waals surface area (Å²) in [5, 5.41) is 3.19. The van der Waals surface area contributed by atoms with Crippen molar-refractivity contribution in [2.75, 3.05) is 0 Å². The average molecular weight is 134 g/mol. The third kappa shape index (κ3) is 0.817. The molecule has 0 bridgehead atoms. The molecule has 2 rings (SSSR count). The van der Waals surface area contributed by atoms with Gasteiger partial charge in [0.05, 0.1) is 6.54 Å². The number of nitrogens with one attached hydrogen (secondary N) is 1. The zero-order valence-corrected chi connectivity index (χ0v) is 5.75. The van der Waals surface area contributed by atoms with Gasteiger partial charge in [-0.3, -0.25) is 0 Å². The molecule has 10 heavy (non-hydrogen) atoms. The molecule has 2 nitrogen and oxygen atoms in total. The van der Waals surface area contributed by atoms with E-state index in [0.29, 0.717) is 0 Å². The Labute approximate surface area is 60.2 Å². The predicted molar refractivity (Wildman–Crippen MR) is 40.4 cm³/mol. The predicted octanol–water partition coefficient (Wildman–Crippen LogP) is 1.10. The van der Waals surface area contributed by atoms with Crippen LogP contribution in [0.25, 0.3) is 0 Å². The molecule has 52 valence electrons. The van der Waals surface area contributed by atoms with Crippen molar-refractivity contribution >= 4 is 0 Å². The van der Waals surface area contributed by atoms with Gasteiger partial charge in [0.25, 0.3) is 0 Å². The molecule has 1 aliphatic rings. The van der Waals surface area contributed by atoms with E-state index < -0.39 is 0 Å². The maximum absolute atomic E-state index is 3.19. The van der Waals surface area contributed by atoms with Crippen molar-refractivity contribution in [3.8, 4) is 0 Å². The average Bonchev–Trinajstić information content (AvgIpc) is 2.28. The zero-order chi connectivity index (χ0) is 6.81. The van der Waals surface area contributed by atoms with Crippen molar-refractivity contribution in [3.63, 3.8) is 0 Å². The van der Waals surface area contributed by atoms with Crippen molar-refractivity contribution in [3.05, 3.63) is 36.3 Å². The lowest BCUT2D eigenvalue weighted by Gasteiger charge is -2.01. The Morgan fingerprint density at radius 2 is 2.50 bits per heavy atom. The molecular weight excluding hydrogens is 124 g/mol. The van der Waals surface area contributed by atoms with Crippen LogP contribution in [0.1, 0.15) is 5.69 Å². The standard InChI is InChI=1S/C8H10N2/c1-3-8-7-9-4-2-6-10(8)5-1/h1-5,9H,6-7H2. The molecule has 1 aromatic rings. The van der Waals surface area contributed by atoms with Gasteiger partial charge in [0.15, 0.2) is 0 Å². The van der Waals surface area contributed by atoms with E-state index in [0.717, 1.165) is 13.1 Å². The highest BCUT2D eigenvalue weighted by Crippen LogP contribution is 2.03. The van der Waals surface area contributed by atoms with Crippen LogP contribution in [0.15, 0.2) is 30.6 Å². The molecule has 1 N–H and O–H groups in total. The second kappa shape index (κ2) is 2.21. The highest BCUT2D eigenvalue weighted by molar-refractivity contribution is 5.10. The van der Waals surface area contributed by atoms with Crippen LogP contribution >= 0.6 is 0 Å². The Morgan fingerprint density at radius 3 is 3.50 bits per heavy atom. The third-order valence-corrected chi connectivity index (χ3v) is 1.74. The first-order valence-electron chi connectivity index (χ1n) is 3.49. The molecule has 0 radical (unpaired) electrons. The van der Waals surface area contributed by atoms with Crippen molar-refractivity contribution in [1.82, 2.24) is 9.88 Å². The van der Waals surface area contributed by atoms with E-state index in [1.807, 2.05) is 6.20 Å². The lowest BCUT2D eigenvalue weighted by atomic mass is 10.4. The van der Waals surface area contributed by atoms with Crippen LogP contribution in [0.4, 0.5) is 0 Å². The number of allylic oxidation sites excluding steroid dienone is 1. The molecule has 1 aromatic heterocycles. The summed E-state index contributed by atoms with van der Waals surface area (Å²) in [5.41, 5.74) is 1.35. The van der Waals surface area contributed by atoms with Gasteiger partial charge in [0.1, 0.15) is 0 Å². The Balaban J connectivity index is 2.37. The third-order valence-electron chi connectivity index (χ3n) is 1.74. The number of aromatic nitrogens is 1. The quantitative estimate of drug-likeness (QED) is 0.562. The molecule has 1 aliphatic heterocycles. The molecule has 0 saturated carbocycles. The van der Waals surface area contributed by atoms with Crippen LogP contribution in [0.2, 0.25) is 0 Å². The smallest absolute Gasteiger partial charge is 0.0547 e. The summed E-state index contributed by atoms with van der Waals surface area (Å²) in [5.74, 6) is 0. The Kier molecular flexibility index (Phi) is 1.24. The Morgan fingerprint density at radius 1 is 1.50 bits per heavy atom. The monoisotopic (exact) mass is 134 g/mol. The summed E-state index contributed by atoms with van der Waals surface area (Å²) in [4.78, 5) is 0. The Bertz CT molecular complexity index is 248. The lowest BCUT2D eigenvalue weighted by Crippen LogP contribution is -2.05. The van der Waals surface area contributed by atoms with E-state index in [4.69, 9.17) is 0 Å². The molecule has 0 atom stereocenters. The van der Waals surface area contributed by atoms with Gasteiger partial charge in [0.2, 0.25) is 0 Å². The normalized spacial score (nSPS) is 15.6. The largest absolute Gasteiger partial charge is 0.386 e. The van der Waals surface area contributed by atoms with Crippen molar-refractivity contribution < 1.29 is 0 Å². The number of rotatable bonds is 0. The number of nitrogens with zero attached hydrogens (tertiary/aromatic N) is 1. The van der Waals surface area contributed by atoms with Crippen LogP contribution in [0.5, 0.6) is 0 Å². The van der Waals surface area contributed by atoms with Crippen molar-refractivity contribution in [2.24, 2.45) is 0 Å². The fourth-order valence-corrected chi connectivity index (χ4v) is 1.20. The van der Waals surface area contributed by atoms with Crippen LogP contribution < -0.4 is 5.32 Å². The summed E-state index contributed by atoms with van der Waals surface area (Å²) < 4.78 is 2.23. The first kappa shape index (κ1) is 5.59. The lowest BCUT2D eigenvalue weighted by molar-refractivity contribution is 0.751. The highest BCUT2D eigenvalue weighted by atomic mass is 15.0. The second-order valence-electron chi connectivity index (χ2n) is 2.44. The number of hydrogen-bond donors (Lipinski definition) is 1. The van der Waals surface area contributed by atoms with E-state index in [1.54, 1.807) is 0 Å². The molecule has 2 heteroatoms. The fourth-order valence-electron chi connectivity index (χ4n) is 1.20. The maximum atomic E-state index is 3.19. The zero-order valence-electron chi connectivity index (χ0n) is 5.75. The molecule has 0 unspecified atom stereocenters. The number of fused-ring (bicyclic) bond motifs is 1. The number of hydrogen-bond acceptors (Lipinski definition) is 1. The fraction of sp³-hybridized carbons (Fsp3) is 0.250. The molecule has 0 amide bonds.